The Labute approximate surface area is 175 Å². The molecule has 0 aliphatic carbocycles. The normalized spacial score (nSPS) is 10.7. The summed E-state index contributed by atoms with van der Waals surface area (Å²) >= 11 is 5.90. The van der Waals surface area contributed by atoms with Gasteiger partial charge in [-0.2, -0.15) is 0 Å². The first-order chi connectivity index (χ1) is 14.1. The molecule has 0 saturated heterocycles. The van der Waals surface area contributed by atoms with Crippen LogP contribution in [-0.4, -0.2) is 12.5 Å². The molecule has 1 amide bonds. The molecular formula is C24H22ClNO3. The first kappa shape index (κ1) is 20.5. The molecule has 0 aromatic heterocycles. The highest BCUT2D eigenvalue weighted by Gasteiger charge is 2.05. The highest BCUT2D eigenvalue weighted by atomic mass is 35.5. The van der Waals surface area contributed by atoms with Gasteiger partial charge in [-0.15, -0.1) is 0 Å². The standard InChI is InChI=1S/C24H22ClNO3/c1-2-28-23-9-4-3-8-22(23)26-24(27)15-12-18-6-5-7-21(16-18)29-17-19-10-13-20(25)14-11-19/h3-16H,2,17H2,1H3,(H,26,27)/b15-12+. The van der Waals surface area contributed by atoms with E-state index in [0.29, 0.717) is 29.7 Å². The van der Waals surface area contributed by atoms with Crippen molar-refractivity contribution in [3.05, 3.63) is 95.0 Å². The number of halogens is 1. The Morgan fingerprint density at radius 2 is 1.79 bits per heavy atom. The average molecular weight is 408 g/mol. The third-order valence-corrected chi connectivity index (χ3v) is 4.30. The van der Waals surface area contributed by atoms with Crippen LogP contribution >= 0.6 is 11.6 Å². The Morgan fingerprint density at radius 1 is 1.00 bits per heavy atom. The van der Waals surface area contributed by atoms with Crippen LogP contribution in [0.3, 0.4) is 0 Å². The lowest BCUT2D eigenvalue weighted by Gasteiger charge is -2.09. The molecule has 3 aromatic rings. The number of rotatable bonds is 8. The van der Waals surface area contributed by atoms with Gasteiger partial charge in [0.25, 0.3) is 0 Å². The molecule has 3 rings (SSSR count). The summed E-state index contributed by atoms with van der Waals surface area (Å²) in [7, 11) is 0. The van der Waals surface area contributed by atoms with Crippen LogP contribution < -0.4 is 14.8 Å². The largest absolute Gasteiger partial charge is 0.492 e. The summed E-state index contributed by atoms with van der Waals surface area (Å²) in [5, 5.41) is 3.54. The molecule has 0 spiro atoms. The summed E-state index contributed by atoms with van der Waals surface area (Å²) in [4.78, 5) is 12.3. The van der Waals surface area contributed by atoms with Crippen molar-refractivity contribution in [3.8, 4) is 11.5 Å². The number of ether oxygens (including phenoxy) is 2. The van der Waals surface area contributed by atoms with E-state index in [1.165, 1.54) is 6.08 Å². The maximum absolute atomic E-state index is 12.3. The summed E-state index contributed by atoms with van der Waals surface area (Å²) in [6.45, 7) is 2.88. The highest BCUT2D eigenvalue weighted by molar-refractivity contribution is 6.30. The van der Waals surface area contributed by atoms with Crippen LogP contribution in [0.15, 0.2) is 78.9 Å². The number of carbonyl (C=O) groups is 1. The Kier molecular flexibility index (Phi) is 7.31. The molecule has 4 nitrogen and oxygen atoms in total. The van der Waals surface area contributed by atoms with Gasteiger partial charge in [-0.25, -0.2) is 0 Å². The van der Waals surface area contributed by atoms with Crippen molar-refractivity contribution in [2.45, 2.75) is 13.5 Å². The second kappa shape index (κ2) is 10.3. The zero-order valence-electron chi connectivity index (χ0n) is 16.1. The molecule has 0 unspecified atom stereocenters. The Balaban J connectivity index is 1.59. The summed E-state index contributed by atoms with van der Waals surface area (Å²) in [6, 6.07) is 22.4. The molecule has 0 atom stereocenters. The van der Waals surface area contributed by atoms with E-state index in [0.717, 1.165) is 16.9 Å². The molecule has 5 heteroatoms. The second-order valence-electron chi connectivity index (χ2n) is 6.24. The smallest absolute Gasteiger partial charge is 0.248 e. The lowest BCUT2D eigenvalue weighted by atomic mass is 10.2. The summed E-state index contributed by atoms with van der Waals surface area (Å²) in [5.41, 5.74) is 2.54. The summed E-state index contributed by atoms with van der Waals surface area (Å²) in [6.07, 6.45) is 3.23. The van der Waals surface area contributed by atoms with Gasteiger partial charge in [0.15, 0.2) is 0 Å². The number of hydrogen-bond donors (Lipinski definition) is 1. The van der Waals surface area contributed by atoms with E-state index < -0.39 is 0 Å². The van der Waals surface area contributed by atoms with Gasteiger partial charge in [0.1, 0.15) is 18.1 Å². The van der Waals surface area contributed by atoms with Gasteiger partial charge in [0, 0.05) is 11.1 Å². The molecule has 0 bridgehead atoms. The third kappa shape index (κ3) is 6.40. The number of amides is 1. The molecule has 3 aromatic carbocycles. The van der Waals surface area contributed by atoms with E-state index in [1.54, 1.807) is 6.08 Å². The highest BCUT2D eigenvalue weighted by Crippen LogP contribution is 2.23. The van der Waals surface area contributed by atoms with Gasteiger partial charge in [-0.1, -0.05) is 48.0 Å². The number of anilines is 1. The first-order valence-corrected chi connectivity index (χ1v) is 9.70. The topological polar surface area (TPSA) is 47.6 Å². The van der Waals surface area contributed by atoms with Gasteiger partial charge >= 0.3 is 0 Å². The monoisotopic (exact) mass is 407 g/mol. The number of para-hydroxylation sites is 2. The van der Waals surface area contributed by atoms with E-state index in [9.17, 15) is 4.79 Å². The number of carbonyl (C=O) groups excluding carboxylic acids is 1. The van der Waals surface area contributed by atoms with E-state index in [1.807, 2.05) is 79.7 Å². The predicted molar refractivity (Wildman–Crippen MR) is 118 cm³/mol. The number of benzene rings is 3. The fraction of sp³-hybridized carbons (Fsp3) is 0.125. The van der Waals surface area contributed by atoms with Gasteiger partial charge in [-0.3, -0.25) is 4.79 Å². The molecule has 0 heterocycles. The lowest BCUT2D eigenvalue weighted by molar-refractivity contribution is -0.111. The van der Waals surface area contributed by atoms with Crippen LogP contribution in [0.25, 0.3) is 6.08 Å². The molecule has 148 valence electrons. The van der Waals surface area contributed by atoms with E-state index in [2.05, 4.69) is 5.32 Å². The van der Waals surface area contributed by atoms with Crippen molar-refractivity contribution >= 4 is 29.3 Å². The molecule has 0 aliphatic heterocycles. The minimum absolute atomic E-state index is 0.232. The lowest BCUT2D eigenvalue weighted by Crippen LogP contribution is -2.09. The van der Waals surface area contributed by atoms with E-state index in [-0.39, 0.29) is 5.91 Å². The van der Waals surface area contributed by atoms with Crippen molar-refractivity contribution in [2.75, 3.05) is 11.9 Å². The van der Waals surface area contributed by atoms with Crippen LogP contribution in [0.4, 0.5) is 5.69 Å². The minimum Gasteiger partial charge on any atom is -0.492 e. The fourth-order valence-corrected chi connectivity index (χ4v) is 2.78. The molecule has 0 saturated carbocycles. The molecule has 0 aliphatic rings. The zero-order chi connectivity index (χ0) is 20.5. The van der Waals surface area contributed by atoms with Gasteiger partial charge in [0.2, 0.25) is 5.91 Å². The summed E-state index contributed by atoms with van der Waals surface area (Å²) < 4.78 is 11.3. The van der Waals surface area contributed by atoms with Crippen molar-refractivity contribution in [2.24, 2.45) is 0 Å². The van der Waals surface area contributed by atoms with Crippen LogP contribution in [0.5, 0.6) is 11.5 Å². The predicted octanol–water partition coefficient (Wildman–Crippen LogP) is 5.97. The number of hydrogen-bond acceptors (Lipinski definition) is 3. The molecule has 0 radical (unpaired) electrons. The SMILES string of the molecule is CCOc1ccccc1NC(=O)/C=C/c1cccc(OCc2ccc(Cl)cc2)c1. The molecular weight excluding hydrogens is 386 g/mol. The zero-order valence-corrected chi connectivity index (χ0v) is 16.9. The van der Waals surface area contributed by atoms with Crippen LogP contribution in [0.2, 0.25) is 5.02 Å². The van der Waals surface area contributed by atoms with Gasteiger partial charge in [-0.05, 0) is 60.5 Å². The van der Waals surface area contributed by atoms with Crippen molar-refractivity contribution in [1.29, 1.82) is 0 Å². The quantitative estimate of drug-likeness (QED) is 0.468. The Hall–Kier alpha value is -3.24. The van der Waals surface area contributed by atoms with Crippen molar-refractivity contribution in [1.82, 2.24) is 0 Å². The maximum atomic E-state index is 12.3. The van der Waals surface area contributed by atoms with Crippen LogP contribution in [-0.2, 0) is 11.4 Å². The average Bonchev–Trinajstić information content (AvgIpc) is 2.74. The Morgan fingerprint density at radius 3 is 2.59 bits per heavy atom. The van der Waals surface area contributed by atoms with Crippen LogP contribution in [0.1, 0.15) is 18.1 Å². The fourth-order valence-electron chi connectivity index (χ4n) is 2.65. The van der Waals surface area contributed by atoms with Crippen LogP contribution in [0, 0.1) is 0 Å². The minimum atomic E-state index is -0.232. The van der Waals surface area contributed by atoms with E-state index in [4.69, 9.17) is 21.1 Å². The van der Waals surface area contributed by atoms with Gasteiger partial charge < -0.3 is 14.8 Å². The maximum Gasteiger partial charge on any atom is 0.248 e. The first-order valence-electron chi connectivity index (χ1n) is 9.32. The molecule has 0 fully saturated rings. The third-order valence-electron chi connectivity index (χ3n) is 4.05. The molecule has 1 N–H and O–H groups in total. The second-order valence-corrected chi connectivity index (χ2v) is 6.68. The number of nitrogens with one attached hydrogen (secondary N) is 1. The molecule has 29 heavy (non-hydrogen) atoms. The van der Waals surface area contributed by atoms with E-state index >= 15 is 0 Å². The Bertz CT molecular complexity index is 983. The summed E-state index contributed by atoms with van der Waals surface area (Å²) in [5.74, 6) is 1.14. The van der Waals surface area contributed by atoms with Crippen molar-refractivity contribution in [3.63, 3.8) is 0 Å². The van der Waals surface area contributed by atoms with Crippen molar-refractivity contribution < 1.29 is 14.3 Å². The van der Waals surface area contributed by atoms with Gasteiger partial charge in [0.05, 0.1) is 12.3 Å².